The first-order valence-corrected chi connectivity index (χ1v) is 10.5. The predicted molar refractivity (Wildman–Crippen MR) is 67.3 cm³/mol. The molecule has 0 amide bonds. The summed E-state index contributed by atoms with van der Waals surface area (Å²) in [7, 11) is -11.4. The van der Waals surface area contributed by atoms with Gasteiger partial charge in [0.1, 0.15) is 12.2 Å². The summed E-state index contributed by atoms with van der Waals surface area (Å²) < 4.78 is 77.2. The molecule has 0 N–H and O–H groups in total. The van der Waals surface area contributed by atoms with E-state index < -0.39 is 53.8 Å². The fourth-order valence-electron chi connectivity index (χ4n) is 1.46. The lowest BCUT2D eigenvalue weighted by molar-refractivity contribution is 0.191. The smallest absolute Gasteiger partial charge is 0.241 e. The monoisotopic (exact) mass is 336 g/mol. The molecule has 0 aromatic rings. The minimum Gasteiger partial charge on any atom is -0.241 e. The fraction of sp³-hybridized carbons (Fsp3) is 1.00. The first kappa shape index (κ1) is 16.8. The molecule has 1 saturated heterocycles. The van der Waals surface area contributed by atoms with Crippen molar-refractivity contribution in [3.05, 3.63) is 0 Å². The molecule has 1 rings (SSSR count). The van der Waals surface area contributed by atoms with Gasteiger partial charge in [-0.2, -0.15) is 8.42 Å². The van der Waals surface area contributed by atoms with Gasteiger partial charge in [-0.1, -0.05) is 13.8 Å². The molecule has 0 aromatic carbocycles. The maximum absolute atomic E-state index is 11.5. The Bertz CT molecular complexity index is 565. The molecule has 11 heteroatoms. The van der Waals surface area contributed by atoms with E-state index in [0.29, 0.717) is 0 Å². The fourth-order valence-corrected chi connectivity index (χ4v) is 4.70. The molecule has 114 valence electrons. The Morgan fingerprint density at radius 2 is 1.16 bits per heavy atom. The quantitative estimate of drug-likeness (QED) is 0.598. The van der Waals surface area contributed by atoms with Gasteiger partial charge in [0.25, 0.3) is 0 Å². The zero-order valence-corrected chi connectivity index (χ0v) is 12.9. The first-order valence-electron chi connectivity index (χ1n) is 5.52. The summed E-state index contributed by atoms with van der Waals surface area (Å²) in [5, 5.41) is 0. The average Bonchev–Trinajstić information content (AvgIpc) is 2.52. The number of rotatable bonds is 6. The standard InChI is InChI=1S/C8H16O8S3/c1-3-17(9,10)5-7-8(6-18(11,12)4-2)16-19(13,14)15-7/h7-8H,3-6H2,1-2H3. The second-order valence-electron chi connectivity index (χ2n) is 4.08. The molecule has 0 aromatic heterocycles. The maximum Gasteiger partial charge on any atom is 0.400 e. The van der Waals surface area contributed by atoms with Gasteiger partial charge in [-0.15, -0.1) is 0 Å². The Kier molecular flexibility index (Phi) is 4.99. The van der Waals surface area contributed by atoms with Gasteiger partial charge in [0.15, 0.2) is 19.7 Å². The van der Waals surface area contributed by atoms with Crippen LogP contribution in [-0.2, 0) is 38.4 Å². The third-order valence-corrected chi connectivity index (χ3v) is 7.01. The molecule has 8 nitrogen and oxygen atoms in total. The summed E-state index contributed by atoms with van der Waals surface area (Å²) in [5.74, 6) is -1.57. The molecule has 1 aliphatic heterocycles. The highest BCUT2D eigenvalue weighted by Crippen LogP contribution is 2.23. The van der Waals surface area contributed by atoms with Gasteiger partial charge in [0.05, 0.1) is 11.5 Å². The normalized spacial score (nSPS) is 27.5. The van der Waals surface area contributed by atoms with Crippen molar-refractivity contribution in [2.75, 3.05) is 23.0 Å². The van der Waals surface area contributed by atoms with E-state index in [2.05, 4.69) is 8.37 Å². The number of hydrogen-bond donors (Lipinski definition) is 0. The van der Waals surface area contributed by atoms with Crippen LogP contribution in [0.3, 0.4) is 0 Å². The highest BCUT2D eigenvalue weighted by molar-refractivity contribution is 7.91. The highest BCUT2D eigenvalue weighted by atomic mass is 32.3. The van der Waals surface area contributed by atoms with Gasteiger partial charge in [0, 0.05) is 11.5 Å². The van der Waals surface area contributed by atoms with Crippen LogP contribution in [0.15, 0.2) is 0 Å². The summed E-state index contributed by atoms with van der Waals surface area (Å²) >= 11 is 0. The van der Waals surface area contributed by atoms with Crippen molar-refractivity contribution in [1.82, 2.24) is 0 Å². The Morgan fingerprint density at radius 1 is 0.842 bits per heavy atom. The van der Waals surface area contributed by atoms with Crippen LogP contribution in [-0.4, -0.2) is 60.5 Å². The number of hydrogen-bond acceptors (Lipinski definition) is 8. The summed E-state index contributed by atoms with van der Waals surface area (Å²) in [5.41, 5.74) is 0. The van der Waals surface area contributed by atoms with E-state index in [9.17, 15) is 25.3 Å². The van der Waals surface area contributed by atoms with Crippen molar-refractivity contribution >= 4 is 30.1 Å². The molecule has 0 saturated carbocycles. The molecule has 1 aliphatic rings. The summed E-state index contributed by atoms with van der Waals surface area (Å²) in [6, 6.07) is 0. The van der Waals surface area contributed by atoms with Gasteiger partial charge >= 0.3 is 10.4 Å². The molecule has 2 atom stereocenters. The lowest BCUT2D eigenvalue weighted by atomic mass is 10.3. The summed E-state index contributed by atoms with van der Waals surface area (Å²) in [6.45, 7) is 2.80. The first-order chi connectivity index (χ1) is 8.50. The van der Waals surface area contributed by atoms with Crippen LogP contribution in [0.2, 0.25) is 0 Å². The minimum absolute atomic E-state index is 0.194. The van der Waals surface area contributed by atoms with E-state index in [1.54, 1.807) is 0 Å². The van der Waals surface area contributed by atoms with Crippen LogP contribution >= 0.6 is 0 Å². The lowest BCUT2D eigenvalue weighted by Crippen LogP contribution is -2.36. The second-order valence-corrected chi connectivity index (χ2v) is 10.1. The van der Waals surface area contributed by atoms with Crippen molar-refractivity contribution < 1.29 is 33.6 Å². The molecule has 0 bridgehead atoms. The maximum atomic E-state index is 11.5. The highest BCUT2D eigenvalue weighted by Gasteiger charge is 2.44. The van der Waals surface area contributed by atoms with Gasteiger partial charge in [-0.25, -0.2) is 25.2 Å². The van der Waals surface area contributed by atoms with Crippen molar-refractivity contribution in [1.29, 1.82) is 0 Å². The van der Waals surface area contributed by atoms with Crippen LogP contribution in [0.5, 0.6) is 0 Å². The van der Waals surface area contributed by atoms with Crippen LogP contribution in [0.4, 0.5) is 0 Å². The van der Waals surface area contributed by atoms with Gasteiger partial charge in [0.2, 0.25) is 0 Å². The Morgan fingerprint density at radius 3 is 1.42 bits per heavy atom. The van der Waals surface area contributed by atoms with Crippen molar-refractivity contribution in [3.8, 4) is 0 Å². The summed E-state index contributed by atoms with van der Waals surface area (Å²) in [4.78, 5) is 0. The van der Waals surface area contributed by atoms with E-state index in [-0.39, 0.29) is 11.5 Å². The molecule has 1 fully saturated rings. The molecule has 0 spiro atoms. The van der Waals surface area contributed by atoms with Gasteiger partial charge in [-0.3, -0.25) is 0 Å². The van der Waals surface area contributed by atoms with Crippen molar-refractivity contribution in [2.45, 2.75) is 26.1 Å². The van der Waals surface area contributed by atoms with E-state index >= 15 is 0 Å². The third kappa shape index (κ3) is 4.99. The Hall–Kier alpha value is -0.230. The van der Waals surface area contributed by atoms with E-state index in [4.69, 9.17) is 0 Å². The predicted octanol–water partition coefficient (Wildman–Crippen LogP) is -1.12. The summed E-state index contributed by atoms with van der Waals surface area (Å²) in [6.07, 6.45) is -2.65. The molecular formula is C8H16O8S3. The van der Waals surface area contributed by atoms with Crippen molar-refractivity contribution in [2.24, 2.45) is 0 Å². The van der Waals surface area contributed by atoms with Gasteiger partial charge in [-0.05, 0) is 0 Å². The van der Waals surface area contributed by atoms with Crippen LogP contribution < -0.4 is 0 Å². The average molecular weight is 336 g/mol. The largest absolute Gasteiger partial charge is 0.400 e. The topological polar surface area (TPSA) is 121 Å². The molecular weight excluding hydrogens is 320 g/mol. The molecule has 0 radical (unpaired) electrons. The van der Waals surface area contributed by atoms with E-state index in [1.165, 1.54) is 13.8 Å². The zero-order valence-electron chi connectivity index (χ0n) is 10.5. The minimum atomic E-state index is -4.33. The van der Waals surface area contributed by atoms with Crippen LogP contribution in [0.25, 0.3) is 0 Å². The molecule has 19 heavy (non-hydrogen) atoms. The van der Waals surface area contributed by atoms with Crippen LogP contribution in [0, 0.1) is 0 Å². The van der Waals surface area contributed by atoms with E-state index in [0.717, 1.165) is 0 Å². The third-order valence-electron chi connectivity index (χ3n) is 2.61. The zero-order chi connectivity index (χ0) is 14.9. The second kappa shape index (κ2) is 5.64. The molecule has 0 aliphatic carbocycles. The Labute approximate surface area is 113 Å². The van der Waals surface area contributed by atoms with Crippen LogP contribution in [0.1, 0.15) is 13.8 Å². The molecule has 1 heterocycles. The van der Waals surface area contributed by atoms with Gasteiger partial charge < -0.3 is 0 Å². The SMILES string of the molecule is CCS(=O)(=O)CC1OS(=O)(=O)OC1CS(=O)(=O)CC. The van der Waals surface area contributed by atoms with Crippen molar-refractivity contribution in [3.63, 3.8) is 0 Å². The molecule has 2 unspecified atom stereocenters. The lowest BCUT2D eigenvalue weighted by Gasteiger charge is -2.14. The van der Waals surface area contributed by atoms with E-state index in [1.807, 2.05) is 0 Å². The number of sulfone groups is 2. The Balaban J connectivity index is 2.94.